The molecule has 1 aromatic carbocycles. The van der Waals surface area contributed by atoms with E-state index >= 15 is 0 Å². The standard InChI is InChI=1S/C13H13F3N2O3/c1-12(16)6-10(15)13(2,17-11(12)19)8-5-7(18(20)21)3-4-9(8)14/h3-5,10H,6H2,1-2H3,(H,17,19)/t10-,12+,13-/m1/s1. The van der Waals surface area contributed by atoms with Crippen LogP contribution in [0.4, 0.5) is 18.9 Å². The van der Waals surface area contributed by atoms with Gasteiger partial charge in [0.1, 0.15) is 12.0 Å². The fourth-order valence-electron chi connectivity index (χ4n) is 2.34. The van der Waals surface area contributed by atoms with Gasteiger partial charge in [0.25, 0.3) is 11.6 Å². The molecule has 0 aromatic heterocycles. The van der Waals surface area contributed by atoms with Gasteiger partial charge >= 0.3 is 0 Å². The van der Waals surface area contributed by atoms with Crippen LogP contribution in [0, 0.1) is 15.9 Å². The van der Waals surface area contributed by atoms with Crippen molar-refractivity contribution in [3.8, 4) is 0 Å². The highest BCUT2D eigenvalue weighted by Crippen LogP contribution is 2.40. The summed E-state index contributed by atoms with van der Waals surface area (Å²) >= 11 is 0. The summed E-state index contributed by atoms with van der Waals surface area (Å²) in [7, 11) is 0. The van der Waals surface area contributed by atoms with Crippen LogP contribution >= 0.6 is 0 Å². The van der Waals surface area contributed by atoms with Gasteiger partial charge in [0.2, 0.25) is 0 Å². The van der Waals surface area contributed by atoms with Gasteiger partial charge in [-0.3, -0.25) is 14.9 Å². The van der Waals surface area contributed by atoms with Gasteiger partial charge in [-0.15, -0.1) is 0 Å². The SMILES string of the molecule is C[C@]1(F)C[C@@H](F)[C@@](C)(c2cc([N+](=O)[O-])ccc2F)NC1=O. The Kier molecular flexibility index (Phi) is 3.43. The normalized spacial score (nSPS) is 32.6. The maximum atomic E-state index is 14.3. The molecule has 114 valence electrons. The number of hydrogen-bond acceptors (Lipinski definition) is 3. The molecule has 1 N–H and O–H groups in total. The van der Waals surface area contributed by atoms with Crippen LogP contribution in [-0.4, -0.2) is 22.7 Å². The van der Waals surface area contributed by atoms with E-state index in [1.54, 1.807) is 0 Å². The number of non-ortho nitro benzene ring substituents is 1. The molecule has 0 unspecified atom stereocenters. The Bertz CT molecular complexity index is 621. The van der Waals surface area contributed by atoms with Crippen LogP contribution < -0.4 is 5.32 Å². The number of halogens is 3. The third-order valence-electron chi connectivity index (χ3n) is 3.76. The number of hydrogen-bond donors (Lipinski definition) is 1. The first-order valence-corrected chi connectivity index (χ1v) is 6.18. The first-order valence-electron chi connectivity index (χ1n) is 6.18. The predicted molar refractivity (Wildman–Crippen MR) is 67.6 cm³/mol. The summed E-state index contributed by atoms with van der Waals surface area (Å²) in [6.45, 7) is 2.10. The van der Waals surface area contributed by atoms with Crippen molar-refractivity contribution in [1.29, 1.82) is 0 Å². The second-order valence-electron chi connectivity index (χ2n) is 5.45. The topological polar surface area (TPSA) is 72.2 Å². The van der Waals surface area contributed by atoms with Gasteiger partial charge < -0.3 is 5.32 Å². The molecule has 1 saturated heterocycles. The average molecular weight is 302 g/mol. The molecule has 8 heteroatoms. The van der Waals surface area contributed by atoms with Crippen molar-refractivity contribution in [1.82, 2.24) is 5.32 Å². The van der Waals surface area contributed by atoms with Crippen LogP contribution in [0.5, 0.6) is 0 Å². The number of nitro groups is 1. The van der Waals surface area contributed by atoms with Gasteiger partial charge in [-0.25, -0.2) is 13.2 Å². The van der Waals surface area contributed by atoms with Crippen LogP contribution in [-0.2, 0) is 10.3 Å². The summed E-state index contributed by atoms with van der Waals surface area (Å²) in [5.41, 5.74) is -5.09. The Balaban J connectivity index is 2.52. The highest BCUT2D eigenvalue weighted by atomic mass is 19.2. The lowest BCUT2D eigenvalue weighted by atomic mass is 9.77. The first kappa shape index (κ1) is 15.3. The highest BCUT2D eigenvalue weighted by molar-refractivity contribution is 5.86. The van der Waals surface area contributed by atoms with E-state index in [1.165, 1.54) is 6.92 Å². The number of nitro benzene ring substituents is 1. The largest absolute Gasteiger partial charge is 0.341 e. The van der Waals surface area contributed by atoms with E-state index in [4.69, 9.17) is 0 Å². The molecule has 3 atom stereocenters. The van der Waals surface area contributed by atoms with Crippen LogP contribution in [0.15, 0.2) is 18.2 Å². The number of piperidine rings is 1. The molecule has 0 bridgehead atoms. The Morgan fingerprint density at radius 2 is 2.05 bits per heavy atom. The van der Waals surface area contributed by atoms with E-state index in [9.17, 15) is 28.1 Å². The third-order valence-corrected chi connectivity index (χ3v) is 3.76. The molecule has 1 fully saturated rings. The number of benzene rings is 1. The number of alkyl halides is 2. The second-order valence-corrected chi connectivity index (χ2v) is 5.45. The Morgan fingerprint density at radius 1 is 1.43 bits per heavy atom. The zero-order valence-electron chi connectivity index (χ0n) is 11.3. The molecule has 21 heavy (non-hydrogen) atoms. The Labute approximate surface area is 118 Å². The smallest absolute Gasteiger partial charge is 0.270 e. The van der Waals surface area contributed by atoms with Crippen molar-refractivity contribution in [2.45, 2.75) is 37.6 Å². The number of carbonyl (C=O) groups is 1. The van der Waals surface area contributed by atoms with Crippen LogP contribution in [0.25, 0.3) is 0 Å². The minimum absolute atomic E-state index is 0.381. The summed E-state index contributed by atoms with van der Waals surface area (Å²) in [5, 5.41) is 12.8. The van der Waals surface area contributed by atoms with Gasteiger partial charge in [0.15, 0.2) is 5.67 Å². The van der Waals surface area contributed by atoms with Gasteiger partial charge in [0.05, 0.1) is 10.5 Å². The summed E-state index contributed by atoms with van der Waals surface area (Å²) < 4.78 is 42.1. The van der Waals surface area contributed by atoms with Gasteiger partial charge in [-0.1, -0.05) is 0 Å². The molecule has 0 saturated carbocycles. The number of nitrogens with zero attached hydrogens (tertiary/aromatic N) is 1. The minimum Gasteiger partial charge on any atom is -0.341 e. The van der Waals surface area contributed by atoms with Crippen molar-refractivity contribution < 1.29 is 22.9 Å². The third kappa shape index (κ3) is 2.45. The van der Waals surface area contributed by atoms with E-state index in [0.717, 1.165) is 25.1 Å². The maximum absolute atomic E-state index is 14.3. The molecule has 0 aliphatic carbocycles. The lowest BCUT2D eigenvalue weighted by Gasteiger charge is -2.42. The number of carbonyl (C=O) groups excluding carboxylic acids is 1. The highest BCUT2D eigenvalue weighted by Gasteiger charge is 2.52. The van der Waals surface area contributed by atoms with Crippen molar-refractivity contribution in [2.75, 3.05) is 0 Å². The quantitative estimate of drug-likeness (QED) is 0.674. The van der Waals surface area contributed by atoms with Gasteiger partial charge in [0, 0.05) is 24.1 Å². The van der Waals surface area contributed by atoms with Crippen molar-refractivity contribution in [2.24, 2.45) is 0 Å². The molecule has 1 aliphatic rings. The summed E-state index contributed by atoms with van der Waals surface area (Å²) in [6, 6.07) is 2.60. The second kappa shape index (κ2) is 4.71. The molecule has 1 heterocycles. The molecule has 1 aromatic rings. The molecular weight excluding hydrogens is 289 g/mol. The molecule has 2 rings (SSSR count). The summed E-state index contributed by atoms with van der Waals surface area (Å²) in [4.78, 5) is 21.7. The lowest BCUT2D eigenvalue weighted by Crippen LogP contribution is -2.62. The Morgan fingerprint density at radius 3 is 2.62 bits per heavy atom. The molecule has 0 radical (unpaired) electrons. The minimum atomic E-state index is -2.41. The fraction of sp³-hybridized carbons (Fsp3) is 0.462. The summed E-state index contributed by atoms with van der Waals surface area (Å²) in [5.74, 6) is -1.99. The molecule has 5 nitrogen and oxygen atoms in total. The van der Waals surface area contributed by atoms with E-state index in [1.807, 2.05) is 0 Å². The number of amides is 1. The lowest BCUT2D eigenvalue weighted by molar-refractivity contribution is -0.385. The van der Waals surface area contributed by atoms with Gasteiger partial charge in [-0.2, -0.15) is 0 Å². The first-order chi connectivity index (χ1) is 9.58. The predicted octanol–water partition coefficient (Wildman–Crippen LogP) is 2.54. The van der Waals surface area contributed by atoms with Crippen molar-refractivity contribution in [3.63, 3.8) is 0 Å². The number of nitrogens with one attached hydrogen (secondary N) is 1. The van der Waals surface area contributed by atoms with Crippen molar-refractivity contribution >= 4 is 11.6 Å². The Hall–Kier alpha value is -2.12. The molecular formula is C13H13F3N2O3. The van der Waals surface area contributed by atoms with Crippen LogP contribution in [0.1, 0.15) is 25.8 Å². The molecule has 0 spiro atoms. The summed E-state index contributed by atoms with van der Waals surface area (Å²) in [6.07, 6.45) is -2.68. The average Bonchev–Trinajstić information content (AvgIpc) is 2.36. The van der Waals surface area contributed by atoms with E-state index in [-0.39, 0.29) is 5.56 Å². The van der Waals surface area contributed by atoms with Crippen LogP contribution in [0.3, 0.4) is 0 Å². The van der Waals surface area contributed by atoms with Crippen LogP contribution in [0.2, 0.25) is 0 Å². The fourth-order valence-corrected chi connectivity index (χ4v) is 2.34. The molecule has 1 aliphatic heterocycles. The van der Waals surface area contributed by atoms with Gasteiger partial charge in [-0.05, 0) is 19.9 Å². The zero-order valence-corrected chi connectivity index (χ0v) is 11.3. The number of rotatable bonds is 2. The monoisotopic (exact) mass is 302 g/mol. The molecule has 1 amide bonds. The van der Waals surface area contributed by atoms with E-state index < -0.39 is 46.1 Å². The van der Waals surface area contributed by atoms with E-state index in [2.05, 4.69) is 5.32 Å². The van der Waals surface area contributed by atoms with E-state index in [0.29, 0.717) is 0 Å². The zero-order chi connectivity index (χ0) is 16.0. The maximum Gasteiger partial charge on any atom is 0.270 e. The van der Waals surface area contributed by atoms with Crippen molar-refractivity contribution in [3.05, 3.63) is 39.7 Å².